The average Bonchev–Trinajstić information content (AvgIpc) is 3.04. The molecule has 0 saturated heterocycles. The molecule has 0 aliphatic heterocycles. The molecule has 0 radical (unpaired) electrons. The topological polar surface area (TPSA) is 51.7 Å². The zero-order chi connectivity index (χ0) is 18.5. The van der Waals surface area contributed by atoms with E-state index in [2.05, 4.69) is 20.9 Å². The Morgan fingerprint density at radius 2 is 2.08 bits per heavy atom. The van der Waals surface area contributed by atoms with Gasteiger partial charge in [0.1, 0.15) is 17.4 Å². The van der Waals surface area contributed by atoms with Crippen molar-refractivity contribution in [2.45, 2.75) is 13.2 Å². The van der Waals surface area contributed by atoms with Gasteiger partial charge >= 0.3 is 0 Å². The highest BCUT2D eigenvalue weighted by Crippen LogP contribution is 2.24. The van der Waals surface area contributed by atoms with Crippen LogP contribution in [0.15, 0.2) is 46.9 Å². The largest absolute Gasteiger partial charge is 0.496 e. The van der Waals surface area contributed by atoms with E-state index in [4.69, 9.17) is 9.47 Å². The van der Waals surface area contributed by atoms with E-state index in [1.807, 2.05) is 42.5 Å². The Hall–Kier alpha value is -1.96. The van der Waals surface area contributed by atoms with Gasteiger partial charge in [0.05, 0.1) is 23.9 Å². The number of hydrogen-bond acceptors (Lipinski definition) is 5. The summed E-state index contributed by atoms with van der Waals surface area (Å²) in [6.07, 6.45) is 0. The Kier molecular flexibility index (Phi) is 6.24. The number of likely N-dealkylation sites (N-methyl/N-ethyl adjacent to an activating group) is 1. The van der Waals surface area contributed by atoms with Crippen LogP contribution in [0, 0.1) is 0 Å². The van der Waals surface area contributed by atoms with E-state index < -0.39 is 0 Å². The minimum Gasteiger partial charge on any atom is -0.496 e. The summed E-state index contributed by atoms with van der Waals surface area (Å²) in [5.41, 5.74) is 1.89. The predicted molar refractivity (Wildman–Crippen MR) is 106 cm³/mol. The summed E-state index contributed by atoms with van der Waals surface area (Å²) in [5, 5.41) is 0.871. The minimum absolute atomic E-state index is 0.0166. The summed E-state index contributed by atoms with van der Waals surface area (Å²) in [4.78, 5) is 18.5. The monoisotopic (exact) mass is 434 g/mol. The van der Waals surface area contributed by atoms with Crippen LogP contribution < -0.4 is 4.74 Å². The number of ether oxygens (including phenoxy) is 2. The minimum atomic E-state index is -0.0897. The smallest absolute Gasteiger partial charge is 0.248 e. The summed E-state index contributed by atoms with van der Waals surface area (Å²) in [7, 11) is 3.37. The predicted octanol–water partition coefficient (Wildman–Crippen LogP) is 4.24. The molecule has 0 spiro atoms. The first-order valence-electron chi connectivity index (χ1n) is 8.05. The quantitative estimate of drug-likeness (QED) is 0.557. The highest BCUT2D eigenvalue weighted by atomic mass is 79.9. The van der Waals surface area contributed by atoms with Gasteiger partial charge in [-0.3, -0.25) is 4.79 Å². The lowest BCUT2D eigenvalue weighted by Crippen LogP contribution is -2.30. The van der Waals surface area contributed by atoms with Crippen molar-refractivity contribution in [3.8, 4) is 5.75 Å². The normalized spacial score (nSPS) is 10.9. The van der Waals surface area contributed by atoms with Crippen LogP contribution in [0.25, 0.3) is 10.2 Å². The number of aromatic nitrogens is 1. The molecule has 3 rings (SSSR count). The van der Waals surface area contributed by atoms with Crippen LogP contribution in [0.4, 0.5) is 0 Å². The van der Waals surface area contributed by atoms with Crippen molar-refractivity contribution in [1.29, 1.82) is 0 Å². The van der Waals surface area contributed by atoms with Crippen molar-refractivity contribution in [3.63, 3.8) is 0 Å². The van der Waals surface area contributed by atoms with Gasteiger partial charge in [0.25, 0.3) is 0 Å². The van der Waals surface area contributed by atoms with E-state index in [1.165, 1.54) is 0 Å². The Morgan fingerprint density at radius 1 is 1.27 bits per heavy atom. The van der Waals surface area contributed by atoms with Crippen molar-refractivity contribution in [1.82, 2.24) is 9.88 Å². The summed E-state index contributed by atoms with van der Waals surface area (Å²) in [6, 6.07) is 13.7. The highest BCUT2D eigenvalue weighted by Gasteiger charge is 2.13. The molecule has 5 nitrogen and oxygen atoms in total. The summed E-state index contributed by atoms with van der Waals surface area (Å²) in [5.74, 6) is 0.663. The van der Waals surface area contributed by atoms with Crippen molar-refractivity contribution in [2.24, 2.45) is 0 Å². The fourth-order valence-electron chi connectivity index (χ4n) is 2.53. The molecule has 0 saturated carbocycles. The van der Waals surface area contributed by atoms with Crippen molar-refractivity contribution >= 4 is 43.4 Å². The van der Waals surface area contributed by atoms with Gasteiger partial charge in [0.2, 0.25) is 5.91 Å². The second kappa shape index (κ2) is 8.62. The van der Waals surface area contributed by atoms with Crippen molar-refractivity contribution < 1.29 is 14.3 Å². The number of benzene rings is 2. The third kappa shape index (κ3) is 4.60. The lowest BCUT2D eigenvalue weighted by molar-refractivity contribution is -0.135. The van der Waals surface area contributed by atoms with Gasteiger partial charge in [-0.05, 0) is 30.3 Å². The molecule has 1 amide bonds. The van der Waals surface area contributed by atoms with Gasteiger partial charge in [-0.25, -0.2) is 4.98 Å². The molecular formula is C19H19BrN2O3S. The SMILES string of the molecule is COc1ccc(Br)cc1CN(C)C(=O)COCc1nc2ccccc2s1. The first-order chi connectivity index (χ1) is 12.6. The lowest BCUT2D eigenvalue weighted by atomic mass is 10.2. The van der Waals surface area contributed by atoms with E-state index in [-0.39, 0.29) is 12.5 Å². The molecular weight excluding hydrogens is 416 g/mol. The maximum absolute atomic E-state index is 12.3. The van der Waals surface area contributed by atoms with E-state index in [9.17, 15) is 4.79 Å². The zero-order valence-electron chi connectivity index (χ0n) is 14.6. The van der Waals surface area contributed by atoms with Crippen molar-refractivity contribution in [2.75, 3.05) is 20.8 Å². The number of fused-ring (bicyclic) bond motifs is 1. The number of hydrogen-bond donors (Lipinski definition) is 0. The molecule has 0 atom stereocenters. The summed E-state index contributed by atoms with van der Waals surface area (Å²) >= 11 is 5.03. The number of carbonyl (C=O) groups is 1. The van der Waals surface area contributed by atoms with Crippen molar-refractivity contribution in [3.05, 3.63) is 57.5 Å². The Morgan fingerprint density at radius 3 is 2.85 bits per heavy atom. The molecule has 0 aliphatic rings. The molecule has 0 bridgehead atoms. The Balaban J connectivity index is 1.53. The molecule has 1 heterocycles. The maximum atomic E-state index is 12.3. The molecule has 0 unspecified atom stereocenters. The number of thiazole rings is 1. The van der Waals surface area contributed by atoms with Gasteiger partial charge in [0, 0.05) is 23.6 Å². The number of rotatable bonds is 7. The number of halogens is 1. The van der Waals surface area contributed by atoms with Gasteiger partial charge in [-0.1, -0.05) is 28.1 Å². The third-order valence-electron chi connectivity index (χ3n) is 3.86. The molecule has 1 aromatic heterocycles. The zero-order valence-corrected chi connectivity index (χ0v) is 17.0. The van der Waals surface area contributed by atoms with Crippen LogP contribution in [0.5, 0.6) is 5.75 Å². The van der Waals surface area contributed by atoms with Gasteiger partial charge in [-0.2, -0.15) is 0 Å². The number of nitrogens with zero attached hydrogens (tertiary/aromatic N) is 2. The first-order valence-corrected chi connectivity index (χ1v) is 9.66. The fourth-order valence-corrected chi connectivity index (χ4v) is 3.85. The van der Waals surface area contributed by atoms with Gasteiger partial charge < -0.3 is 14.4 Å². The highest BCUT2D eigenvalue weighted by molar-refractivity contribution is 9.10. The molecule has 26 heavy (non-hydrogen) atoms. The van der Waals surface area contributed by atoms with E-state index in [0.717, 1.165) is 31.0 Å². The molecule has 3 aromatic rings. The van der Waals surface area contributed by atoms with Crippen LogP contribution in [-0.2, 0) is 22.7 Å². The second-order valence-corrected chi connectivity index (χ2v) is 7.80. The molecule has 136 valence electrons. The Bertz CT molecular complexity index is 880. The van der Waals surface area contributed by atoms with Crippen LogP contribution in [0.3, 0.4) is 0 Å². The number of methoxy groups -OCH3 is 1. The summed E-state index contributed by atoms with van der Waals surface area (Å²) in [6.45, 7) is 0.799. The molecule has 7 heteroatoms. The van der Waals surface area contributed by atoms with E-state index in [0.29, 0.717) is 13.2 Å². The van der Waals surface area contributed by atoms with Crippen LogP contribution in [0.1, 0.15) is 10.6 Å². The maximum Gasteiger partial charge on any atom is 0.248 e. The standard InChI is InChI=1S/C19H19BrN2O3S/c1-22(10-13-9-14(20)7-8-16(13)24-2)19(23)12-25-11-18-21-15-5-3-4-6-17(15)26-18/h3-9H,10-12H2,1-2H3. The molecule has 0 aliphatic carbocycles. The molecule has 0 N–H and O–H groups in total. The van der Waals surface area contributed by atoms with Crippen LogP contribution in [0.2, 0.25) is 0 Å². The third-order valence-corrected chi connectivity index (χ3v) is 5.37. The van der Waals surface area contributed by atoms with Gasteiger partial charge in [-0.15, -0.1) is 11.3 Å². The number of para-hydroxylation sites is 1. The average molecular weight is 435 g/mol. The molecule has 0 fully saturated rings. The van der Waals surface area contributed by atoms with Crippen LogP contribution >= 0.6 is 27.3 Å². The van der Waals surface area contributed by atoms with Gasteiger partial charge in [0.15, 0.2) is 0 Å². The lowest BCUT2D eigenvalue weighted by Gasteiger charge is -2.19. The second-order valence-electron chi connectivity index (χ2n) is 5.77. The number of amides is 1. The Labute approximate surface area is 164 Å². The van der Waals surface area contributed by atoms with E-state index in [1.54, 1.807) is 30.4 Å². The summed E-state index contributed by atoms with van der Waals surface area (Å²) < 4.78 is 13.0. The fraction of sp³-hybridized carbons (Fsp3) is 0.263. The number of carbonyl (C=O) groups excluding carboxylic acids is 1. The molecule has 2 aromatic carbocycles. The van der Waals surface area contributed by atoms with Crippen LogP contribution in [-0.4, -0.2) is 36.6 Å². The first kappa shape index (κ1) is 18.8. The van der Waals surface area contributed by atoms with E-state index >= 15 is 0 Å².